The Morgan fingerprint density at radius 1 is 1.19 bits per heavy atom. The molecule has 144 valence electrons. The van der Waals surface area contributed by atoms with Crippen molar-refractivity contribution in [3.05, 3.63) is 47.8 Å². The van der Waals surface area contributed by atoms with Gasteiger partial charge in [-0.25, -0.2) is 0 Å². The van der Waals surface area contributed by atoms with Gasteiger partial charge in [0, 0.05) is 42.4 Å². The van der Waals surface area contributed by atoms with E-state index in [4.69, 9.17) is 0 Å². The van der Waals surface area contributed by atoms with Crippen molar-refractivity contribution in [3.8, 4) is 0 Å². The summed E-state index contributed by atoms with van der Waals surface area (Å²) in [5.41, 5.74) is 0. The highest BCUT2D eigenvalue weighted by atomic mass is 32.2. The maximum absolute atomic E-state index is 4.46. The first-order valence-electron chi connectivity index (χ1n) is 9.76. The van der Waals surface area contributed by atoms with Crippen LogP contribution in [-0.2, 0) is 0 Å². The summed E-state index contributed by atoms with van der Waals surface area (Å²) in [5, 5.41) is 10.8. The van der Waals surface area contributed by atoms with Crippen LogP contribution in [0.15, 0.2) is 57.7 Å². The van der Waals surface area contributed by atoms with Gasteiger partial charge in [0.2, 0.25) is 0 Å². The van der Waals surface area contributed by atoms with Crippen LogP contribution in [0, 0.1) is 0 Å². The first kappa shape index (κ1) is 18.7. The van der Waals surface area contributed by atoms with E-state index in [2.05, 4.69) is 68.4 Å². The number of piperidine rings is 1. The molecule has 2 heterocycles. The van der Waals surface area contributed by atoms with Crippen LogP contribution in [0.2, 0.25) is 0 Å². The van der Waals surface area contributed by atoms with E-state index >= 15 is 0 Å². The van der Waals surface area contributed by atoms with Gasteiger partial charge in [-0.15, -0.1) is 23.1 Å². The monoisotopic (exact) mass is 400 g/mol. The van der Waals surface area contributed by atoms with E-state index < -0.39 is 0 Å². The van der Waals surface area contributed by atoms with Gasteiger partial charge in [-0.05, 0) is 55.3 Å². The Morgan fingerprint density at radius 3 is 2.59 bits per heavy atom. The molecule has 0 atom stereocenters. The zero-order chi connectivity index (χ0) is 18.5. The molecule has 0 spiro atoms. The number of nitrogens with zero attached hydrogens (tertiary/aromatic N) is 2. The minimum atomic E-state index is 0.335. The fourth-order valence-electron chi connectivity index (χ4n) is 3.52. The second-order valence-corrected chi connectivity index (χ2v) is 9.85. The van der Waals surface area contributed by atoms with Crippen molar-refractivity contribution in [1.29, 1.82) is 0 Å². The molecule has 2 fully saturated rings. The zero-order valence-corrected chi connectivity index (χ0v) is 17.5. The normalized spacial score (nSPS) is 19.7. The first-order valence-corrected chi connectivity index (χ1v) is 11.5. The number of benzene rings is 1. The number of thiophene rings is 1. The van der Waals surface area contributed by atoms with Crippen LogP contribution < -0.4 is 15.5 Å². The van der Waals surface area contributed by atoms with Crippen molar-refractivity contribution >= 4 is 34.1 Å². The van der Waals surface area contributed by atoms with Gasteiger partial charge < -0.3 is 15.5 Å². The number of hydrogen-bond acceptors (Lipinski definition) is 4. The molecule has 2 aliphatic rings. The summed E-state index contributed by atoms with van der Waals surface area (Å²) in [4.78, 5) is 8.32. The average Bonchev–Trinajstić information content (AvgIpc) is 3.25. The number of rotatable bonds is 6. The Hall–Kier alpha value is -1.66. The van der Waals surface area contributed by atoms with Gasteiger partial charge in [-0.1, -0.05) is 18.2 Å². The summed E-state index contributed by atoms with van der Waals surface area (Å²) in [5.74, 6) is 0.949. The summed E-state index contributed by atoms with van der Waals surface area (Å²) < 4.78 is 0.335. The van der Waals surface area contributed by atoms with E-state index in [1.165, 1.54) is 22.7 Å². The van der Waals surface area contributed by atoms with Crippen molar-refractivity contribution in [1.82, 2.24) is 10.6 Å². The maximum atomic E-state index is 4.46. The lowest BCUT2D eigenvalue weighted by Crippen LogP contribution is -2.49. The molecule has 1 aliphatic heterocycles. The Balaban J connectivity index is 1.23. The minimum absolute atomic E-state index is 0.335. The van der Waals surface area contributed by atoms with Crippen LogP contribution in [0.3, 0.4) is 0 Å². The van der Waals surface area contributed by atoms with E-state index in [1.807, 2.05) is 30.1 Å². The van der Waals surface area contributed by atoms with Gasteiger partial charge in [0.05, 0.1) is 5.00 Å². The maximum Gasteiger partial charge on any atom is 0.191 e. The van der Waals surface area contributed by atoms with Gasteiger partial charge >= 0.3 is 0 Å². The smallest absolute Gasteiger partial charge is 0.191 e. The largest absolute Gasteiger partial charge is 0.363 e. The van der Waals surface area contributed by atoms with Gasteiger partial charge in [-0.3, -0.25) is 4.99 Å². The molecular formula is C21H28N4S2. The molecular weight excluding hydrogens is 372 g/mol. The summed E-state index contributed by atoms with van der Waals surface area (Å²) in [7, 11) is 1.88. The Kier molecular flexibility index (Phi) is 5.93. The van der Waals surface area contributed by atoms with Crippen LogP contribution in [0.1, 0.15) is 25.7 Å². The Morgan fingerprint density at radius 2 is 1.96 bits per heavy atom. The van der Waals surface area contributed by atoms with Crippen molar-refractivity contribution in [2.75, 3.05) is 31.6 Å². The fourth-order valence-corrected chi connectivity index (χ4v) is 5.55. The number of thioether (sulfide) groups is 1. The highest BCUT2D eigenvalue weighted by Crippen LogP contribution is 2.51. The van der Waals surface area contributed by atoms with Crippen LogP contribution in [0.5, 0.6) is 0 Å². The summed E-state index contributed by atoms with van der Waals surface area (Å²) in [6.07, 6.45) is 4.86. The second kappa shape index (κ2) is 8.57. The molecule has 0 bridgehead atoms. The third-order valence-corrected chi connectivity index (χ3v) is 7.76. The molecule has 0 unspecified atom stereocenters. The molecule has 6 heteroatoms. The van der Waals surface area contributed by atoms with E-state index in [1.54, 1.807) is 0 Å². The fraction of sp³-hybridized carbons (Fsp3) is 0.476. The zero-order valence-electron chi connectivity index (χ0n) is 15.9. The quantitative estimate of drug-likeness (QED) is 0.563. The van der Waals surface area contributed by atoms with E-state index in [-0.39, 0.29) is 0 Å². The van der Waals surface area contributed by atoms with Crippen LogP contribution in [-0.4, -0.2) is 43.4 Å². The molecule has 4 rings (SSSR count). The third-order valence-electron chi connectivity index (χ3n) is 5.34. The van der Waals surface area contributed by atoms with E-state index in [0.717, 1.165) is 38.4 Å². The Bertz CT molecular complexity index is 733. The van der Waals surface area contributed by atoms with Gasteiger partial charge in [-0.2, -0.15) is 0 Å². The molecule has 2 N–H and O–H groups in total. The molecule has 0 radical (unpaired) electrons. The van der Waals surface area contributed by atoms with Crippen molar-refractivity contribution in [2.24, 2.45) is 4.99 Å². The molecule has 1 aliphatic carbocycles. The predicted octanol–water partition coefficient (Wildman–Crippen LogP) is 4.21. The minimum Gasteiger partial charge on any atom is -0.363 e. The molecule has 4 nitrogen and oxygen atoms in total. The SMILES string of the molecule is CN=C(NCC1(Sc2ccccc2)CC1)NC1CCN(c2cccs2)CC1. The van der Waals surface area contributed by atoms with Crippen molar-refractivity contribution < 1.29 is 0 Å². The number of hydrogen-bond donors (Lipinski definition) is 2. The lowest BCUT2D eigenvalue weighted by atomic mass is 10.1. The van der Waals surface area contributed by atoms with E-state index in [0.29, 0.717) is 10.8 Å². The lowest BCUT2D eigenvalue weighted by molar-refractivity contribution is 0.462. The van der Waals surface area contributed by atoms with Gasteiger partial charge in [0.15, 0.2) is 5.96 Å². The number of anilines is 1. The predicted molar refractivity (Wildman–Crippen MR) is 118 cm³/mol. The van der Waals surface area contributed by atoms with Gasteiger partial charge in [0.25, 0.3) is 0 Å². The Labute approximate surface area is 170 Å². The van der Waals surface area contributed by atoms with Gasteiger partial charge in [0.1, 0.15) is 0 Å². The van der Waals surface area contributed by atoms with E-state index in [9.17, 15) is 0 Å². The highest BCUT2D eigenvalue weighted by molar-refractivity contribution is 8.01. The topological polar surface area (TPSA) is 39.7 Å². The highest BCUT2D eigenvalue weighted by Gasteiger charge is 2.43. The van der Waals surface area contributed by atoms with Crippen molar-refractivity contribution in [2.45, 2.75) is 41.4 Å². The average molecular weight is 401 g/mol. The molecule has 1 aromatic heterocycles. The molecule has 1 saturated carbocycles. The molecule has 2 aromatic rings. The summed E-state index contributed by atoms with van der Waals surface area (Å²) in [6, 6.07) is 15.6. The van der Waals surface area contributed by atoms with Crippen LogP contribution in [0.4, 0.5) is 5.00 Å². The standard InChI is InChI=1S/C21H28N4S2/c1-22-20(23-16-21(11-12-21)27-18-6-3-2-4-7-18)24-17-9-13-25(14-10-17)19-8-5-15-26-19/h2-8,15,17H,9-14,16H2,1H3,(H2,22,23,24). The second-order valence-electron chi connectivity index (χ2n) is 7.38. The first-order chi connectivity index (χ1) is 13.3. The summed E-state index contributed by atoms with van der Waals surface area (Å²) >= 11 is 3.84. The van der Waals surface area contributed by atoms with Crippen LogP contribution >= 0.6 is 23.1 Å². The lowest BCUT2D eigenvalue weighted by Gasteiger charge is -2.33. The number of guanidine groups is 1. The number of aliphatic imine (C=N–C) groups is 1. The summed E-state index contributed by atoms with van der Waals surface area (Å²) in [6.45, 7) is 3.20. The molecule has 27 heavy (non-hydrogen) atoms. The third kappa shape index (κ3) is 4.99. The molecule has 0 amide bonds. The van der Waals surface area contributed by atoms with Crippen LogP contribution in [0.25, 0.3) is 0 Å². The molecule has 1 aromatic carbocycles. The number of nitrogens with one attached hydrogen (secondary N) is 2. The molecule has 1 saturated heterocycles. The van der Waals surface area contributed by atoms with Crippen molar-refractivity contribution in [3.63, 3.8) is 0 Å².